The summed E-state index contributed by atoms with van der Waals surface area (Å²) >= 11 is 1.45. The summed E-state index contributed by atoms with van der Waals surface area (Å²) in [6, 6.07) is 16.1. The molecule has 2 aromatic carbocycles. The van der Waals surface area contributed by atoms with Gasteiger partial charge in [-0.15, -0.1) is 10.2 Å². The fraction of sp³-hybridized carbons (Fsp3) is 0.318. The summed E-state index contributed by atoms with van der Waals surface area (Å²) in [5.74, 6) is 1.78. The van der Waals surface area contributed by atoms with Crippen molar-refractivity contribution in [3.8, 4) is 11.4 Å². The van der Waals surface area contributed by atoms with Gasteiger partial charge < -0.3 is 4.57 Å². The number of carbonyl (C=O) groups excluding carboxylic acids is 1. The van der Waals surface area contributed by atoms with E-state index < -0.39 is 0 Å². The summed E-state index contributed by atoms with van der Waals surface area (Å²) in [6.45, 7) is 9.20. The van der Waals surface area contributed by atoms with Gasteiger partial charge in [0.25, 0.3) is 0 Å². The number of thioether (sulfide) groups is 1. The molecule has 4 nitrogen and oxygen atoms in total. The summed E-state index contributed by atoms with van der Waals surface area (Å²) < 4.78 is 2.07. The highest BCUT2D eigenvalue weighted by Gasteiger charge is 2.16. The fourth-order valence-electron chi connectivity index (χ4n) is 2.97. The van der Waals surface area contributed by atoms with E-state index in [-0.39, 0.29) is 5.78 Å². The van der Waals surface area contributed by atoms with Crippen molar-refractivity contribution in [2.45, 2.75) is 45.3 Å². The van der Waals surface area contributed by atoms with Crippen LogP contribution < -0.4 is 0 Å². The maximum Gasteiger partial charge on any atom is 0.191 e. The Kier molecular flexibility index (Phi) is 6.11. The molecule has 0 saturated carbocycles. The maximum absolute atomic E-state index is 12.6. The number of benzene rings is 2. The van der Waals surface area contributed by atoms with E-state index in [1.54, 1.807) is 0 Å². The van der Waals surface area contributed by atoms with Crippen molar-refractivity contribution in [1.29, 1.82) is 0 Å². The summed E-state index contributed by atoms with van der Waals surface area (Å²) in [5, 5.41) is 9.49. The van der Waals surface area contributed by atoms with E-state index >= 15 is 0 Å². The van der Waals surface area contributed by atoms with E-state index in [1.807, 2.05) is 36.4 Å². The molecule has 0 radical (unpaired) electrons. The molecule has 0 N–H and O–H groups in total. The van der Waals surface area contributed by atoms with Crippen LogP contribution in [0.2, 0.25) is 0 Å². The highest BCUT2D eigenvalue weighted by Crippen LogP contribution is 2.26. The van der Waals surface area contributed by atoms with Gasteiger partial charge in [0.2, 0.25) is 0 Å². The zero-order valence-corrected chi connectivity index (χ0v) is 17.1. The summed E-state index contributed by atoms with van der Waals surface area (Å²) in [7, 11) is 0. The molecule has 140 valence electrons. The summed E-state index contributed by atoms with van der Waals surface area (Å²) in [4.78, 5) is 12.6. The van der Waals surface area contributed by atoms with E-state index in [1.165, 1.54) is 17.3 Å². The number of hydrogen-bond acceptors (Lipinski definition) is 4. The van der Waals surface area contributed by atoms with Gasteiger partial charge in [-0.1, -0.05) is 74.1 Å². The Labute approximate surface area is 165 Å². The van der Waals surface area contributed by atoms with E-state index in [9.17, 15) is 4.79 Å². The number of carbonyl (C=O) groups is 1. The molecule has 0 amide bonds. The molecule has 5 heteroatoms. The molecular formula is C22H25N3OS. The molecular weight excluding hydrogens is 354 g/mol. The first kappa shape index (κ1) is 19.4. The lowest BCUT2D eigenvalue weighted by Crippen LogP contribution is -2.05. The van der Waals surface area contributed by atoms with Gasteiger partial charge in [-0.3, -0.25) is 4.79 Å². The minimum atomic E-state index is 0.110. The number of ketones is 1. The molecule has 0 saturated heterocycles. The molecule has 0 aliphatic carbocycles. The second-order valence-electron chi connectivity index (χ2n) is 6.85. The monoisotopic (exact) mass is 379 g/mol. The molecule has 3 rings (SSSR count). The first-order valence-electron chi connectivity index (χ1n) is 9.26. The van der Waals surface area contributed by atoms with E-state index in [2.05, 4.69) is 54.6 Å². The Hall–Kier alpha value is -2.40. The van der Waals surface area contributed by atoms with Crippen LogP contribution in [0.3, 0.4) is 0 Å². The molecule has 1 aromatic heterocycles. The number of nitrogens with zero attached hydrogens (tertiary/aromatic N) is 3. The minimum absolute atomic E-state index is 0.110. The highest BCUT2D eigenvalue weighted by atomic mass is 32.2. The van der Waals surface area contributed by atoms with Gasteiger partial charge in [-0.05, 0) is 30.9 Å². The molecule has 27 heavy (non-hydrogen) atoms. The van der Waals surface area contributed by atoms with Crippen molar-refractivity contribution in [3.63, 3.8) is 0 Å². The summed E-state index contributed by atoms with van der Waals surface area (Å²) in [5.41, 5.74) is 4.23. The van der Waals surface area contributed by atoms with Gasteiger partial charge in [-0.25, -0.2) is 0 Å². The van der Waals surface area contributed by atoms with Crippen molar-refractivity contribution in [3.05, 3.63) is 65.2 Å². The second-order valence-corrected chi connectivity index (χ2v) is 7.80. The van der Waals surface area contributed by atoms with Crippen LogP contribution >= 0.6 is 11.8 Å². The molecule has 0 bridgehead atoms. The first-order chi connectivity index (χ1) is 13.0. The lowest BCUT2D eigenvalue weighted by atomic mass is 10.0. The lowest BCUT2D eigenvalue weighted by Gasteiger charge is -2.09. The van der Waals surface area contributed by atoms with Crippen molar-refractivity contribution in [2.75, 3.05) is 5.75 Å². The predicted octanol–water partition coefficient (Wildman–Crippen LogP) is 5.37. The van der Waals surface area contributed by atoms with Gasteiger partial charge in [-0.2, -0.15) is 0 Å². The molecule has 3 aromatic rings. The number of aromatic nitrogens is 3. The third-order valence-corrected chi connectivity index (χ3v) is 5.62. The normalized spacial score (nSPS) is 11.1. The summed E-state index contributed by atoms with van der Waals surface area (Å²) in [6.07, 6.45) is 0. The van der Waals surface area contributed by atoms with Crippen molar-refractivity contribution in [2.24, 2.45) is 0 Å². The minimum Gasteiger partial charge on any atom is -0.302 e. The van der Waals surface area contributed by atoms with Crippen LogP contribution in [0.5, 0.6) is 0 Å². The largest absolute Gasteiger partial charge is 0.302 e. The number of Topliss-reactive ketones (excluding diaryl/α,β-unsaturated/α-hetero) is 1. The van der Waals surface area contributed by atoms with Crippen LogP contribution in [-0.4, -0.2) is 26.3 Å². The van der Waals surface area contributed by atoms with Gasteiger partial charge >= 0.3 is 0 Å². The topological polar surface area (TPSA) is 47.8 Å². The third kappa shape index (κ3) is 4.30. The SMILES string of the molecule is CCn1c(SCC(=O)c2ccc(C(C)C)cc2)nnc1-c1ccccc1C. The maximum atomic E-state index is 12.6. The quantitative estimate of drug-likeness (QED) is 0.409. The zero-order valence-electron chi connectivity index (χ0n) is 16.3. The van der Waals surface area contributed by atoms with Crippen LogP contribution in [0.15, 0.2) is 53.7 Å². The van der Waals surface area contributed by atoms with Gasteiger partial charge in [0.1, 0.15) is 0 Å². The van der Waals surface area contributed by atoms with Gasteiger partial charge in [0.15, 0.2) is 16.8 Å². The first-order valence-corrected chi connectivity index (χ1v) is 10.2. The van der Waals surface area contributed by atoms with Gasteiger partial charge in [0, 0.05) is 17.7 Å². The van der Waals surface area contributed by atoms with E-state index in [0.717, 1.165) is 34.2 Å². The van der Waals surface area contributed by atoms with Gasteiger partial charge in [0.05, 0.1) is 5.75 Å². The lowest BCUT2D eigenvalue weighted by molar-refractivity contribution is 0.102. The molecule has 0 aliphatic rings. The van der Waals surface area contributed by atoms with Crippen LogP contribution in [0.1, 0.15) is 48.2 Å². The van der Waals surface area contributed by atoms with Crippen molar-refractivity contribution < 1.29 is 4.79 Å². The Morgan fingerprint density at radius 1 is 1.07 bits per heavy atom. The molecule has 0 unspecified atom stereocenters. The third-order valence-electron chi connectivity index (χ3n) is 4.65. The molecule has 0 fully saturated rings. The molecule has 0 spiro atoms. The highest BCUT2D eigenvalue weighted by molar-refractivity contribution is 7.99. The fourth-order valence-corrected chi connectivity index (χ4v) is 3.87. The second kappa shape index (κ2) is 8.53. The molecule has 1 heterocycles. The van der Waals surface area contributed by atoms with Crippen LogP contribution in [0.4, 0.5) is 0 Å². The molecule has 0 atom stereocenters. The standard InChI is InChI=1S/C22H25N3OS/c1-5-25-21(19-9-7-6-8-16(19)4)23-24-22(25)27-14-20(26)18-12-10-17(11-13-18)15(2)3/h6-13,15H,5,14H2,1-4H3. The van der Waals surface area contributed by atoms with Crippen LogP contribution in [0.25, 0.3) is 11.4 Å². The smallest absolute Gasteiger partial charge is 0.191 e. The van der Waals surface area contributed by atoms with Crippen molar-refractivity contribution in [1.82, 2.24) is 14.8 Å². The zero-order chi connectivity index (χ0) is 19.4. The number of rotatable bonds is 7. The average Bonchev–Trinajstić information content (AvgIpc) is 3.09. The van der Waals surface area contributed by atoms with Crippen LogP contribution in [-0.2, 0) is 6.54 Å². The Morgan fingerprint density at radius 2 is 1.78 bits per heavy atom. The Balaban J connectivity index is 1.75. The van der Waals surface area contributed by atoms with E-state index in [0.29, 0.717) is 11.7 Å². The van der Waals surface area contributed by atoms with E-state index in [4.69, 9.17) is 0 Å². The van der Waals surface area contributed by atoms with Crippen LogP contribution in [0, 0.1) is 6.92 Å². The molecule has 0 aliphatic heterocycles. The number of hydrogen-bond donors (Lipinski definition) is 0. The van der Waals surface area contributed by atoms with Crippen molar-refractivity contribution >= 4 is 17.5 Å². The Morgan fingerprint density at radius 3 is 2.41 bits per heavy atom. The predicted molar refractivity (Wildman–Crippen MR) is 111 cm³/mol. The Bertz CT molecular complexity index is 929. The average molecular weight is 380 g/mol. The number of aryl methyl sites for hydroxylation is 1.